The van der Waals surface area contributed by atoms with E-state index in [1.165, 1.54) is 4.90 Å². The quantitative estimate of drug-likeness (QED) is 0.398. The summed E-state index contributed by atoms with van der Waals surface area (Å²) < 4.78 is 12.6. The van der Waals surface area contributed by atoms with Crippen LogP contribution >= 0.6 is 0 Å². The molecule has 5 aliphatic rings. The lowest BCUT2D eigenvalue weighted by Gasteiger charge is -2.40. The van der Waals surface area contributed by atoms with Crippen LogP contribution in [0.3, 0.4) is 0 Å². The normalized spacial score (nSPS) is 34.3. The lowest BCUT2D eigenvalue weighted by Crippen LogP contribution is -2.58. The van der Waals surface area contributed by atoms with Crippen LogP contribution in [0.15, 0.2) is 54.6 Å². The number of nitrogens with one attached hydrogen (secondary N) is 1. The number of hydrogen-bond donors (Lipinski definition) is 2. The van der Waals surface area contributed by atoms with Gasteiger partial charge in [-0.2, -0.15) is 0 Å². The van der Waals surface area contributed by atoms with Gasteiger partial charge in [0, 0.05) is 32.2 Å². The summed E-state index contributed by atoms with van der Waals surface area (Å²) in [7, 11) is 0. The number of rotatable bonds is 5. The van der Waals surface area contributed by atoms with Gasteiger partial charge in [0.25, 0.3) is 0 Å². The maximum absolute atomic E-state index is 14.7. The van der Waals surface area contributed by atoms with E-state index in [2.05, 4.69) is 5.32 Å². The number of carbonyl (C=O) groups excluding carboxylic acids is 4. The fourth-order valence-corrected chi connectivity index (χ4v) is 7.60. The number of hydrogen-bond acceptors (Lipinski definition) is 7. The molecule has 230 valence electrons. The Bertz CT molecular complexity index is 1280. The molecule has 5 bridgehead atoms. The van der Waals surface area contributed by atoms with E-state index in [-0.39, 0.29) is 49.9 Å². The lowest BCUT2D eigenvalue weighted by molar-refractivity contribution is -0.160. The summed E-state index contributed by atoms with van der Waals surface area (Å²) >= 11 is 0. The Labute approximate surface area is 252 Å². The topological polar surface area (TPSA) is 125 Å². The monoisotopic (exact) mass is 591 g/mol. The molecule has 6 atom stereocenters. The molecule has 2 saturated heterocycles. The highest BCUT2D eigenvalue weighted by Crippen LogP contribution is 2.56. The molecule has 6 rings (SSSR count). The number of allylic oxidation sites excluding steroid dienone is 1. The number of fused-ring (bicyclic) bond motifs is 2. The Morgan fingerprint density at radius 2 is 1.79 bits per heavy atom. The minimum Gasteiger partial charge on any atom is -0.455 e. The van der Waals surface area contributed by atoms with Crippen molar-refractivity contribution in [3.8, 4) is 0 Å². The van der Waals surface area contributed by atoms with E-state index < -0.39 is 41.7 Å². The van der Waals surface area contributed by atoms with E-state index in [4.69, 9.17) is 9.47 Å². The maximum Gasteiger partial charge on any atom is 0.313 e. The molecule has 1 spiro atoms. The van der Waals surface area contributed by atoms with Gasteiger partial charge in [0.05, 0.1) is 18.6 Å². The van der Waals surface area contributed by atoms with Gasteiger partial charge in [-0.15, -0.1) is 0 Å². The SMILES string of the molecule is O=C1CC/C=C\CN(C2CCCCC2)C(=O)[C@H]2N(CCCO)C(=O)[C@@H]3[C@@H](C(=O)O[C@@H](c4ccccc4)CN1)[C@H]1C=C[C@]32O1. The molecule has 1 aromatic rings. The van der Waals surface area contributed by atoms with Crippen LogP contribution in [0.5, 0.6) is 0 Å². The van der Waals surface area contributed by atoms with Crippen molar-refractivity contribution >= 4 is 23.7 Å². The molecule has 0 radical (unpaired) electrons. The molecule has 3 amide bonds. The van der Waals surface area contributed by atoms with Crippen LogP contribution in [0.2, 0.25) is 0 Å². The first kappa shape index (κ1) is 29.6. The third kappa shape index (κ3) is 5.51. The lowest BCUT2D eigenvalue weighted by atomic mass is 9.74. The van der Waals surface area contributed by atoms with Crippen molar-refractivity contribution in [2.24, 2.45) is 11.8 Å². The predicted octanol–water partition coefficient (Wildman–Crippen LogP) is 2.43. The first-order chi connectivity index (χ1) is 20.9. The minimum atomic E-state index is -1.29. The Kier molecular flexibility index (Phi) is 8.68. The van der Waals surface area contributed by atoms with Crippen molar-refractivity contribution in [2.45, 2.75) is 81.3 Å². The smallest absolute Gasteiger partial charge is 0.313 e. The number of aliphatic hydroxyl groups excluding tert-OH is 1. The van der Waals surface area contributed by atoms with Crippen molar-refractivity contribution in [3.63, 3.8) is 0 Å². The number of nitrogens with zero attached hydrogens (tertiary/aromatic N) is 2. The largest absolute Gasteiger partial charge is 0.455 e. The van der Waals surface area contributed by atoms with Gasteiger partial charge in [0.2, 0.25) is 17.7 Å². The van der Waals surface area contributed by atoms with Crippen LogP contribution in [-0.4, -0.2) is 88.6 Å². The van der Waals surface area contributed by atoms with Gasteiger partial charge in [0.1, 0.15) is 23.7 Å². The molecular weight excluding hydrogens is 550 g/mol. The summed E-state index contributed by atoms with van der Waals surface area (Å²) in [5.41, 5.74) is -0.569. The van der Waals surface area contributed by atoms with Crippen LogP contribution in [0, 0.1) is 11.8 Å². The fraction of sp³-hybridized carbons (Fsp3) is 0.576. The van der Waals surface area contributed by atoms with Crippen molar-refractivity contribution in [1.29, 1.82) is 0 Å². The van der Waals surface area contributed by atoms with Crippen LogP contribution in [0.1, 0.15) is 63.0 Å². The van der Waals surface area contributed by atoms with Gasteiger partial charge in [-0.25, -0.2) is 0 Å². The first-order valence-corrected chi connectivity index (χ1v) is 15.7. The van der Waals surface area contributed by atoms with E-state index in [0.29, 0.717) is 19.4 Å². The van der Waals surface area contributed by atoms with Crippen molar-refractivity contribution in [3.05, 3.63) is 60.2 Å². The Balaban J connectivity index is 1.39. The second kappa shape index (κ2) is 12.6. The molecule has 1 saturated carbocycles. The standard InChI is InChI=1S/C33H41N3O7/c37-20-10-19-36-29-31(40)35(23-13-6-2-7-14-23)18-9-3-8-15-26(38)34-21-25(22-11-4-1-5-12-22)42-32(41)27-24-16-17-33(29,43-24)28(27)30(36)39/h1,3-5,9,11-12,16-17,23-25,27-29,37H,2,6-8,10,13-15,18-21H2,(H,34,38)/b9-3-/t24-,25-,27+,28+,29-,33+/m1/s1. The molecule has 0 aromatic heterocycles. The maximum atomic E-state index is 14.7. The zero-order valence-corrected chi connectivity index (χ0v) is 24.4. The van der Waals surface area contributed by atoms with Gasteiger partial charge in [0.15, 0.2) is 0 Å². The van der Waals surface area contributed by atoms with Crippen molar-refractivity contribution in [2.75, 3.05) is 26.2 Å². The number of likely N-dealkylation sites (tertiary alicyclic amines) is 1. The van der Waals surface area contributed by atoms with Crippen LogP contribution in [0.4, 0.5) is 0 Å². The third-order valence-corrected chi connectivity index (χ3v) is 9.66. The zero-order valence-electron chi connectivity index (χ0n) is 24.4. The number of amides is 3. The second-order valence-electron chi connectivity index (χ2n) is 12.2. The molecule has 4 aliphatic heterocycles. The van der Waals surface area contributed by atoms with Gasteiger partial charge < -0.3 is 29.7 Å². The Morgan fingerprint density at radius 1 is 1.00 bits per heavy atom. The molecule has 43 heavy (non-hydrogen) atoms. The van der Waals surface area contributed by atoms with Gasteiger partial charge >= 0.3 is 5.97 Å². The van der Waals surface area contributed by atoms with Gasteiger partial charge in [-0.3, -0.25) is 19.2 Å². The number of aliphatic hydroxyl groups is 1. The number of esters is 1. The second-order valence-corrected chi connectivity index (χ2v) is 12.2. The molecule has 10 nitrogen and oxygen atoms in total. The minimum absolute atomic E-state index is 0.0245. The van der Waals surface area contributed by atoms with Crippen LogP contribution in [0.25, 0.3) is 0 Å². The van der Waals surface area contributed by atoms with E-state index in [9.17, 15) is 24.3 Å². The Hall–Kier alpha value is -3.50. The molecule has 10 heteroatoms. The molecule has 3 fully saturated rings. The highest BCUT2D eigenvalue weighted by Gasteiger charge is 2.73. The highest BCUT2D eigenvalue weighted by molar-refractivity contribution is 5.99. The molecule has 1 aliphatic carbocycles. The number of cyclic esters (lactones) is 1. The summed E-state index contributed by atoms with van der Waals surface area (Å²) in [6.45, 7) is 0.502. The fourth-order valence-electron chi connectivity index (χ4n) is 7.60. The average Bonchev–Trinajstić information content (AvgIpc) is 3.67. The third-order valence-electron chi connectivity index (χ3n) is 9.66. The number of carbonyl (C=O) groups is 4. The number of ether oxygens (including phenoxy) is 2. The van der Waals surface area contributed by atoms with Crippen LogP contribution < -0.4 is 5.32 Å². The average molecular weight is 592 g/mol. The van der Waals surface area contributed by atoms with Crippen LogP contribution in [-0.2, 0) is 28.7 Å². The molecule has 4 heterocycles. The van der Waals surface area contributed by atoms with E-state index >= 15 is 0 Å². The summed E-state index contributed by atoms with van der Waals surface area (Å²) in [5.74, 6) is -3.15. The molecular formula is C33H41N3O7. The summed E-state index contributed by atoms with van der Waals surface area (Å²) in [4.78, 5) is 58.9. The summed E-state index contributed by atoms with van der Waals surface area (Å²) in [5, 5.41) is 12.6. The van der Waals surface area contributed by atoms with Crippen molar-refractivity contribution in [1.82, 2.24) is 15.1 Å². The van der Waals surface area contributed by atoms with Gasteiger partial charge in [-0.05, 0) is 31.2 Å². The summed E-state index contributed by atoms with van der Waals surface area (Å²) in [6.07, 6.45) is 12.0. The molecule has 2 N–H and O–H groups in total. The van der Waals surface area contributed by atoms with E-state index in [0.717, 1.165) is 37.7 Å². The Morgan fingerprint density at radius 3 is 2.56 bits per heavy atom. The molecule has 0 unspecified atom stereocenters. The van der Waals surface area contributed by atoms with E-state index in [1.807, 2.05) is 53.5 Å². The highest BCUT2D eigenvalue weighted by atomic mass is 16.6. The van der Waals surface area contributed by atoms with Gasteiger partial charge in [-0.1, -0.05) is 73.9 Å². The van der Waals surface area contributed by atoms with E-state index in [1.54, 1.807) is 6.08 Å². The zero-order chi connectivity index (χ0) is 30.0. The summed E-state index contributed by atoms with van der Waals surface area (Å²) in [6, 6.07) is 8.28. The number of benzene rings is 1. The first-order valence-electron chi connectivity index (χ1n) is 15.7. The predicted molar refractivity (Wildman–Crippen MR) is 156 cm³/mol. The molecule has 1 aromatic carbocycles. The van der Waals surface area contributed by atoms with Crippen molar-refractivity contribution < 1.29 is 33.8 Å².